The van der Waals surface area contributed by atoms with Gasteiger partial charge in [0.25, 0.3) is 5.91 Å². The van der Waals surface area contributed by atoms with Crippen LogP contribution in [0.3, 0.4) is 0 Å². The summed E-state index contributed by atoms with van der Waals surface area (Å²) >= 11 is 0. The summed E-state index contributed by atoms with van der Waals surface area (Å²) in [6, 6.07) is 16.9. The van der Waals surface area contributed by atoms with Gasteiger partial charge in [-0.3, -0.25) is 9.59 Å². The Bertz CT molecular complexity index is 843. The van der Waals surface area contributed by atoms with E-state index >= 15 is 0 Å². The molecule has 0 saturated carbocycles. The Hall–Kier alpha value is -2.82. The molecule has 31 heavy (non-hydrogen) atoms. The van der Waals surface area contributed by atoms with Crippen LogP contribution in [-0.2, 0) is 21.5 Å². The fourth-order valence-electron chi connectivity index (χ4n) is 3.33. The predicted octanol–water partition coefficient (Wildman–Crippen LogP) is 4.70. The first-order valence-electron chi connectivity index (χ1n) is 11.1. The van der Waals surface area contributed by atoms with E-state index in [0.29, 0.717) is 18.8 Å². The standard InChI is InChI=1S/C26H36N2O3/c1-6-7-17-27-25(30)20(2)28(18-21-13-9-8-10-14-21)24(29)19-31-23-16-12-11-15-22(23)26(3,4)5/h8-16,20H,6-7,17-19H2,1-5H3,(H,27,30)/t20-/m1/s1. The number of carbonyl (C=O) groups is 2. The number of hydrogen-bond donors (Lipinski definition) is 1. The number of rotatable bonds is 10. The number of ether oxygens (including phenoxy) is 1. The normalized spacial score (nSPS) is 12.2. The van der Waals surface area contributed by atoms with Crippen molar-refractivity contribution in [3.63, 3.8) is 0 Å². The van der Waals surface area contributed by atoms with Crippen molar-refractivity contribution in [2.75, 3.05) is 13.2 Å². The van der Waals surface area contributed by atoms with E-state index in [-0.39, 0.29) is 23.8 Å². The Kier molecular flexibility index (Phi) is 9.10. The van der Waals surface area contributed by atoms with Crippen LogP contribution in [0.25, 0.3) is 0 Å². The number of carbonyl (C=O) groups excluding carboxylic acids is 2. The summed E-state index contributed by atoms with van der Waals surface area (Å²) in [5.41, 5.74) is 1.91. The van der Waals surface area contributed by atoms with E-state index in [2.05, 4.69) is 33.0 Å². The van der Waals surface area contributed by atoms with Crippen molar-refractivity contribution in [1.82, 2.24) is 10.2 Å². The quantitative estimate of drug-likeness (QED) is 0.563. The molecule has 0 unspecified atom stereocenters. The monoisotopic (exact) mass is 424 g/mol. The van der Waals surface area contributed by atoms with Gasteiger partial charge in [0.05, 0.1) is 0 Å². The predicted molar refractivity (Wildman–Crippen MR) is 125 cm³/mol. The van der Waals surface area contributed by atoms with Gasteiger partial charge in [-0.2, -0.15) is 0 Å². The molecule has 0 aliphatic rings. The Labute approximate surface area is 186 Å². The van der Waals surface area contributed by atoms with Gasteiger partial charge in [0.2, 0.25) is 5.91 Å². The van der Waals surface area contributed by atoms with Gasteiger partial charge in [0, 0.05) is 13.1 Å². The second-order valence-electron chi connectivity index (χ2n) is 8.86. The maximum Gasteiger partial charge on any atom is 0.261 e. The Balaban J connectivity index is 2.15. The molecule has 0 aromatic heterocycles. The first-order valence-corrected chi connectivity index (χ1v) is 11.1. The molecule has 1 atom stereocenters. The number of benzene rings is 2. The summed E-state index contributed by atoms with van der Waals surface area (Å²) < 4.78 is 5.95. The summed E-state index contributed by atoms with van der Waals surface area (Å²) in [5.74, 6) is 0.335. The zero-order valence-corrected chi connectivity index (χ0v) is 19.5. The van der Waals surface area contributed by atoms with Crippen LogP contribution < -0.4 is 10.1 Å². The zero-order valence-electron chi connectivity index (χ0n) is 19.5. The van der Waals surface area contributed by atoms with Crippen molar-refractivity contribution < 1.29 is 14.3 Å². The van der Waals surface area contributed by atoms with Crippen LogP contribution in [0.1, 0.15) is 58.6 Å². The minimum absolute atomic E-state index is 0.101. The Morgan fingerprint density at radius 1 is 1.03 bits per heavy atom. The third-order valence-electron chi connectivity index (χ3n) is 5.24. The van der Waals surface area contributed by atoms with Crippen molar-refractivity contribution in [3.05, 3.63) is 65.7 Å². The average Bonchev–Trinajstić information content (AvgIpc) is 2.75. The molecule has 5 nitrogen and oxygen atoms in total. The van der Waals surface area contributed by atoms with Crippen molar-refractivity contribution in [3.8, 4) is 5.75 Å². The maximum absolute atomic E-state index is 13.2. The highest BCUT2D eigenvalue weighted by molar-refractivity contribution is 5.88. The molecule has 5 heteroatoms. The fraction of sp³-hybridized carbons (Fsp3) is 0.462. The van der Waals surface area contributed by atoms with Crippen LogP contribution in [0.4, 0.5) is 0 Å². The average molecular weight is 425 g/mol. The molecular formula is C26H36N2O3. The molecule has 0 bridgehead atoms. The molecule has 168 valence electrons. The van der Waals surface area contributed by atoms with Gasteiger partial charge in [-0.05, 0) is 36.0 Å². The third-order valence-corrected chi connectivity index (χ3v) is 5.24. The summed E-state index contributed by atoms with van der Waals surface area (Å²) in [7, 11) is 0. The molecule has 2 amide bonds. The van der Waals surface area contributed by atoms with Crippen LogP contribution in [0.5, 0.6) is 5.75 Å². The molecule has 1 N–H and O–H groups in total. The fourth-order valence-corrected chi connectivity index (χ4v) is 3.33. The van der Waals surface area contributed by atoms with Gasteiger partial charge in [0.15, 0.2) is 6.61 Å². The van der Waals surface area contributed by atoms with Crippen LogP contribution >= 0.6 is 0 Å². The highest BCUT2D eigenvalue weighted by Crippen LogP contribution is 2.31. The molecule has 0 heterocycles. The van der Waals surface area contributed by atoms with Gasteiger partial charge >= 0.3 is 0 Å². The molecular weight excluding hydrogens is 388 g/mol. The topological polar surface area (TPSA) is 58.6 Å². The Morgan fingerprint density at radius 3 is 2.32 bits per heavy atom. The summed E-state index contributed by atoms with van der Waals surface area (Å²) in [4.78, 5) is 27.4. The number of unbranched alkanes of at least 4 members (excludes halogenated alkanes) is 1. The highest BCUT2D eigenvalue weighted by Gasteiger charge is 2.27. The van der Waals surface area contributed by atoms with Gasteiger partial charge in [-0.15, -0.1) is 0 Å². The second-order valence-corrected chi connectivity index (χ2v) is 8.86. The minimum Gasteiger partial charge on any atom is -0.483 e. The van der Waals surface area contributed by atoms with E-state index in [1.807, 2.05) is 54.6 Å². The van der Waals surface area contributed by atoms with Crippen molar-refractivity contribution in [1.29, 1.82) is 0 Å². The number of amides is 2. The second kappa shape index (κ2) is 11.5. The lowest BCUT2D eigenvalue weighted by Gasteiger charge is -2.29. The number of nitrogens with zero attached hydrogens (tertiary/aromatic N) is 1. The van der Waals surface area contributed by atoms with E-state index in [9.17, 15) is 9.59 Å². The molecule has 2 aromatic carbocycles. The maximum atomic E-state index is 13.2. The van der Waals surface area contributed by atoms with Gasteiger partial charge in [-0.1, -0.05) is 82.6 Å². The Morgan fingerprint density at radius 2 is 1.68 bits per heavy atom. The summed E-state index contributed by atoms with van der Waals surface area (Å²) in [6.45, 7) is 11.0. The lowest BCUT2D eigenvalue weighted by Crippen LogP contribution is -2.49. The van der Waals surface area contributed by atoms with Crippen LogP contribution in [0.2, 0.25) is 0 Å². The first kappa shape index (κ1) is 24.4. The summed E-state index contributed by atoms with van der Waals surface area (Å²) in [5, 5.41) is 2.93. The molecule has 0 radical (unpaired) electrons. The smallest absolute Gasteiger partial charge is 0.261 e. The number of hydrogen-bond acceptors (Lipinski definition) is 3. The van der Waals surface area contributed by atoms with E-state index in [4.69, 9.17) is 4.74 Å². The first-order chi connectivity index (χ1) is 14.7. The molecule has 0 aliphatic carbocycles. The lowest BCUT2D eigenvalue weighted by molar-refractivity contribution is -0.142. The van der Waals surface area contributed by atoms with Gasteiger partial charge < -0.3 is 15.0 Å². The van der Waals surface area contributed by atoms with Crippen molar-refractivity contribution in [2.45, 2.75) is 65.5 Å². The van der Waals surface area contributed by atoms with E-state index in [1.165, 1.54) is 0 Å². The zero-order chi connectivity index (χ0) is 22.9. The van der Waals surface area contributed by atoms with Gasteiger partial charge in [-0.25, -0.2) is 0 Å². The van der Waals surface area contributed by atoms with Crippen LogP contribution in [0, 0.1) is 0 Å². The molecule has 2 rings (SSSR count). The van der Waals surface area contributed by atoms with Crippen molar-refractivity contribution in [2.24, 2.45) is 0 Å². The third kappa shape index (κ3) is 7.42. The van der Waals surface area contributed by atoms with E-state index in [1.54, 1.807) is 11.8 Å². The lowest BCUT2D eigenvalue weighted by atomic mass is 9.86. The number of nitrogens with one attached hydrogen (secondary N) is 1. The highest BCUT2D eigenvalue weighted by atomic mass is 16.5. The van der Waals surface area contributed by atoms with E-state index in [0.717, 1.165) is 24.0 Å². The van der Waals surface area contributed by atoms with Gasteiger partial charge in [0.1, 0.15) is 11.8 Å². The largest absolute Gasteiger partial charge is 0.483 e. The molecule has 0 aliphatic heterocycles. The molecule has 0 saturated heterocycles. The molecule has 2 aromatic rings. The summed E-state index contributed by atoms with van der Waals surface area (Å²) in [6.07, 6.45) is 1.92. The molecule has 0 fully saturated rings. The van der Waals surface area contributed by atoms with Crippen molar-refractivity contribution >= 4 is 11.8 Å². The number of para-hydroxylation sites is 1. The van der Waals surface area contributed by atoms with Crippen LogP contribution in [-0.4, -0.2) is 35.9 Å². The van der Waals surface area contributed by atoms with Crippen LogP contribution in [0.15, 0.2) is 54.6 Å². The molecule has 0 spiro atoms. The SMILES string of the molecule is CCCCNC(=O)[C@@H](C)N(Cc1ccccc1)C(=O)COc1ccccc1C(C)(C)C. The van der Waals surface area contributed by atoms with E-state index < -0.39 is 6.04 Å². The minimum atomic E-state index is -0.592.